The van der Waals surface area contributed by atoms with Crippen molar-refractivity contribution >= 4 is 11.6 Å². The molecule has 0 aliphatic heterocycles. The van der Waals surface area contributed by atoms with Crippen LogP contribution in [-0.4, -0.2) is 23.2 Å². The summed E-state index contributed by atoms with van der Waals surface area (Å²) in [5, 5.41) is 0.366. The van der Waals surface area contributed by atoms with Crippen LogP contribution < -0.4 is 4.74 Å². The van der Waals surface area contributed by atoms with E-state index in [2.05, 4.69) is 22.1 Å². The number of benzene rings is 1. The molecule has 0 spiro atoms. The van der Waals surface area contributed by atoms with Crippen molar-refractivity contribution in [2.24, 2.45) is 0 Å². The molecule has 0 N–H and O–H groups in total. The number of nitrogens with zero attached hydrogens (tertiary/aromatic N) is 2. The molecule has 0 saturated carbocycles. The highest BCUT2D eigenvalue weighted by Gasteiger charge is 2.34. The predicted octanol–water partition coefficient (Wildman–Crippen LogP) is 2.82. The molecule has 3 rings (SSSR count). The lowest BCUT2D eigenvalue weighted by molar-refractivity contribution is 0.0110. The predicted molar refractivity (Wildman–Crippen MR) is 71.4 cm³/mol. The van der Waals surface area contributed by atoms with E-state index in [1.165, 1.54) is 11.9 Å². The highest BCUT2D eigenvalue weighted by molar-refractivity contribution is 6.29. The van der Waals surface area contributed by atoms with E-state index in [9.17, 15) is 0 Å². The Balaban J connectivity index is 1.90. The van der Waals surface area contributed by atoms with Crippen molar-refractivity contribution in [3.05, 3.63) is 52.9 Å². The summed E-state index contributed by atoms with van der Waals surface area (Å²) in [5.74, 6) is 0.462. The van der Waals surface area contributed by atoms with Gasteiger partial charge in [-0.3, -0.25) is 0 Å². The minimum Gasteiger partial charge on any atom is -0.467 e. The fraction of sp³-hybridized carbons (Fsp3) is 0.286. The third-order valence-corrected chi connectivity index (χ3v) is 3.49. The number of rotatable bonds is 3. The van der Waals surface area contributed by atoms with Crippen LogP contribution in [0, 0.1) is 0 Å². The molecule has 1 aliphatic rings. The summed E-state index contributed by atoms with van der Waals surface area (Å²) < 4.78 is 11.4. The molecule has 0 fully saturated rings. The van der Waals surface area contributed by atoms with Crippen molar-refractivity contribution in [1.82, 2.24) is 9.97 Å². The molecule has 0 saturated heterocycles. The van der Waals surface area contributed by atoms with Gasteiger partial charge >= 0.3 is 0 Å². The summed E-state index contributed by atoms with van der Waals surface area (Å²) in [7, 11) is 1.69. The van der Waals surface area contributed by atoms with E-state index in [0.29, 0.717) is 11.0 Å². The summed E-state index contributed by atoms with van der Waals surface area (Å²) in [4.78, 5) is 7.91. The molecule has 5 heteroatoms. The van der Waals surface area contributed by atoms with Crippen molar-refractivity contribution in [3.63, 3.8) is 0 Å². The first-order chi connectivity index (χ1) is 9.28. The third kappa shape index (κ3) is 2.41. The van der Waals surface area contributed by atoms with E-state index in [1.54, 1.807) is 13.2 Å². The molecule has 0 radical (unpaired) electrons. The summed E-state index contributed by atoms with van der Waals surface area (Å²) in [6.45, 7) is 0. The smallest absolute Gasteiger partial charge is 0.218 e. The van der Waals surface area contributed by atoms with Crippen LogP contribution in [0.4, 0.5) is 0 Å². The maximum Gasteiger partial charge on any atom is 0.218 e. The van der Waals surface area contributed by atoms with Crippen LogP contribution in [0.1, 0.15) is 17.2 Å². The number of aromatic nitrogens is 2. The monoisotopic (exact) mass is 276 g/mol. The number of halogens is 1. The zero-order chi connectivity index (χ0) is 13.2. The van der Waals surface area contributed by atoms with Crippen molar-refractivity contribution in [2.45, 2.75) is 18.6 Å². The molecule has 0 bridgehead atoms. The molecule has 1 aliphatic carbocycles. The van der Waals surface area contributed by atoms with E-state index in [1.807, 2.05) is 12.1 Å². The first-order valence-electron chi connectivity index (χ1n) is 6.02. The van der Waals surface area contributed by atoms with Crippen molar-refractivity contribution in [2.75, 3.05) is 7.11 Å². The summed E-state index contributed by atoms with van der Waals surface area (Å²) in [6, 6.07) is 9.78. The maximum absolute atomic E-state index is 5.93. The van der Waals surface area contributed by atoms with Gasteiger partial charge in [-0.05, 0) is 11.1 Å². The molecule has 2 atom stereocenters. The normalized spacial score (nSPS) is 21.2. The van der Waals surface area contributed by atoms with Gasteiger partial charge < -0.3 is 9.47 Å². The largest absolute Gasteiger partial charge is 0.467 e. The molecule has 2 aromatic rings. The lowest BCUT2D eigenvalue weighted by atomic mass is 10.1. The number of hydrogen-bond acceptors (Lipinski definition) is 4. The van der Waals surface area contributed by atoms with Gasteiger partial charge in [0.25, 0.3) is 0 Å². The lowest BCUT2D eigenvalue weighted by Gasteiger charge is -2.20. The van der Waals surface area contributed by atoms with Crippen molar-refractivity contribution in [3.8, 4) is 5.88 Å². The van der Waals surface area contributed by atoms with Gasteiger partial charge in [-0.15, -0.1) is 0 Å². The second-order valence-corrected chi connectivity index (χ2v) is 4.78. The topological polar surface area (TPSA) is 44.2 Å². The van der Waals surface area contributed by atoms with Gasteiger partial charge in [0.05, 0.1) is 0 Å². The number of methoxy groups -OCH3 is 1. The first-order valence-corrected chi connectivity index (χ1v) is 6.40. The lowest BCUT2D eigenvalue weighted by Crippen LogP contribution is -2.22. The number of hydrogen-bond donors (Lipinski definition) is 0. The zero-order valence-electron chi connectivity index (χ0n) is 10.4. The van der Waals surface area contributed by atoms with Crippen LogP contribution in [0.5, 0.6) is 5.88 Å². The SMILES string of the molecule is CO[C@H]1Cc2ccccc2[C@H]1Oc1cc(Cl)ncn1. The van der Waals surface area contributed by atoms with Gasteiger partial charge in [0, 0.05) is 19.6 Å². The minimum absolute atomic E-state index is 0.00820. The van der Waals surface area contributed by atoms with Gasteiger partial charge in [0.2, 0.25) is 5.88 Å². The molecule has 4 nitrogen and oxygen atoms in total. The van der Waals surface area contributed by atoms with Crippen LogP contribution in [0.2, 0.25) is 5.15 Å². The van der Waals surface area contributed by atoms with E-state index in [0.717, 1.165) is 12.0 Å². The average molecular weight is 277 g/mol. The zero-order valence-corrected chi connectivity index (χ0v) is 11.2. The van der Waals surface area contributed by atoms with Gasteiger partial charge in [0.1, 0.15) is 17.6 Å². The molecular formula is C14H13ClN2O2. The summed E-state index contributed by atoms with van der Waals surface area (Å²) in [5.41, 5.74) is 2.39. The Kier molecular flexibility index (Phi) is 3.36. The quantitative estimate of drug-likeness (QED) is 0.809. The average Bonchev–Trinajstić information content (AvgIpc) is 2.77. The van der Waals surface area contributed by atoms with Gasteiger partial charge in [0.15, 0.2) is 6.10 Å². The second-order valence-electron chi connectivity index (χ2n) is 4.39. The first kappa shape index (κ1) is 12.4. The molecule has 1 heterocycles. The Morgan fingerprint density at radius 3 is 2.89 bits per heavy atom. The summed E-state index contributed by atoms with van der Waals surface area (Å²) in [6.07, 6.45) is 2.06. The van der Waals surface area contributed by atoms with Crippen molar-refractivity contribution < 1.29 is 9.47 Å². The van der Waals surface area contributed by atoms with Gasteiger partial charge in [-0.1, -0.05) is 35.9 Å². The van der Waals surface area contributed by atoms with Crippen molar-refractivity contribution in [1.29, 1.82) is 0 Å². The van der Waals surface area contributed by atoms with E-state index in [4.69, 9.17) is 21.1 Å². The molecule has 0 amide bonds. The molecule has 98 valence electrons. The second kappa shape index (κ2) is 5.15. The van der Waals surface area contributed by atoms with Gasteiger partial charge in [-0.25, -0.2) is 9.97 Å². The molecule has 1 aromatic carbocycles. The Morgan fingerprint density at radius 2 is 2.11 bits per heavy atom. The Hall–Kier alpha value is -1.65. The number of fused-ring (bicyclic) bond motifs is 1. The highest BCUT2D eigenvalue weighted by Crippen LogP contribution is 2.36. The third-order valence-electron chi connectivity index (χ3n) is 3.28. The fourth-order valence-electron chi connectivity index (χ4n) is 2.38. The Morgan fingerprint density at radius 1 is 1.26 bits per heavy atom. The number of ether oxygens (including phenoxy) is 2. The van der Waals surface area contributed by atoms with E-state index >= 15 is 0 Å². The van der Waals surface area contributed by atoms with Crippen LogP contribution in [-0.2, 0) is 11.2 Å². The van der Waals surface area contributed by atoms with E-state index in [-0.39, 0.29) is 12.2 Å². The van der Waals surface area contributed by atoms with Crippen LogP contribution in [0.15, 0.2) is 36.7 Å². The Labute approximate surface area is 116 Å². The van der Waals surface area contributed by atoms with Crippen LogP contribution >= 0.6 is 11.6 Å². The summed E-state index contributed by atoms with van der Waals surface area (Å²) >= 11 is 5.84. The molecule has 0 unspecified atom stereocenters. The maximum atomic E-state index is 5.93. The fourth-order valence-corrected chi connectivity index (χ4v) is 2.52. The van der Waals surface area contributed by atoms with Crippen LogP contribution in [0.25, 0.3) is 0 Å². The molecule has 1 aromatic heterocycles. The highest BCUT2D eigenvalue weighted by atomic mass is 35.5. The Bertz CT molecular complexity index is 591. The standard InChI is InChI=1S/C14H13ClN2O2/c1-18-11-6-9-4-2-3-5-10(9)14(11)19-13-7-12(15)16-8-17-13/h2-5,7-8,11,14H,6H2,1H3/t11-,14+/m0/s1. The molecular weight excluding hydrogens is 264 g/mol. The molecule has 19 heavy (non-hydrogen) atoms. The van der Waals surface area contributed by atoms with Crippen LogP contribution in [0.3, 0.4) is 0 Å². The van der Waals surface area contributed by atoms with E-state index < -0.39 is 0 Å². The minimum atomic E-state index is -0.160. The van der Waals surface area contributed by atoms with Gasteiger partial charge in [-0.2, -0.15) is 0 Å².